The van der Waals surface area contributed by atoms with Gasteiger partial charge in [-0.15, -0.1) is 11.3 Å². The molecule has 3 aromatic rings. The summed E-state index contributed by atoms with van der Waals surface area (Å²) in [6.45, 7) is -0.806. The Hall–Kier alpha value is -2.76. The number of H-pyrrole nitrogens is 1. The van der Waals surface area contributed by atoms with E-state index in [0.717, 1.165) is 23.5 Å². The van der Waals surface area contributed by atoms with Crippen LogP contribution in [0.5, 0.6) is 0 Å². The van der Waals surface area contributed by atoms with E-state index in [9.17, 15) is 33.0 Å². The summed E-state index contributed by atoms with van der Waals surface area (Å²) in [5.41, 5.74) is -2.97. The van der Waals surface area contributed by atoms with Crippen molar-refractivity contribution in [1.29, 1.82) is 0 Å². The van der Waals surface area contributed by atoms with Crippen LogP contribution in [-0.4, -0.2) is 32.7 Å². The lowest BCUT2D eigenvalue weighted by atomic mass is 10.0. The van der Waals surface area contributed by atoms with Crippen molar-refractivity contribution in [3.8, 4) is 0 Å². The quantitative estimate of drug-likeness (QED) is 0.537. The summed E-state index contributed by atoms with van der Waals surface area (Å²) in [5, 5.41) is 22.9. The van der Waals surface area contributed by atoms with Gasteiger partial charge in [0.1, 0.15) is 11.7 Å². The fourth-order valence-electron chi connectivity index (χ4n) is 2.49. The maximum Gasteiger partial charge on any atom is 0.416 e. The Morgan fingerprint density at radius 3 is 2.70 bits per heavy atom. The van der Waals surface area contributed by atoms with E-state index in [2.05, 4.69) is 15.3 Å². The molecular formula is C16H12F3N3O4S. The van der Waals surface area contributed by atoms with Crippen LogP contribution in [0.25, 0.3) is 10.9 Å². The van der Waals surface area contributed by atoms with E-state index in [0.29, 0.717) is 6.07 Å². The van der Waals surface area contributed by atoms with Crippen LogP contribution >= 0.6 is 11.3 Å². The maximum absolute atomic E-state index is 12.9. The largest absolute Gasteiger partial charge is 0.416 e. The first kappa shape index (κ1) is 19.0. The average Bonchev–Trinajstić information content (AvgIpc) is 3.12. The summed E-state index contributed by atoms with van der Waals surface area (Å²) in [6, 6.07) is 2.42. The number of pyridine rings is 1. The molecule has 1 atom stereocenters. The molecule has 0 aliphatic rings. The van der Waals surface area contributed by atoms with Gasteiger partial charge in [-0.2, -0.15) is 13.2 Å². The second-order valence-electron chi connectivity index (χ2n) is 5.49. The van der Waals surface area contributed by atoms with E-state index in [1.807, 2.05) is 0 Å². The number of hydrogen-bond acceptors (Lipinski definition) is 6. The van der Waals surface area contributed by atoms with Gasteiger partial charge in [-0.1, -0.05) is 0 Å². The number of hydrogen-bond donors (Lipinski definition) is 4. The van der Waals surface area contributed by atoms with Gasteiger partial charge in [0, 0.05) is 22.5 Å². The first-order valence-corrected chi connectivity index (χ1v) is 8.37. The number of alkyl halides is 3. The van der Waals surface area contributed by atoms with Crippen LogP contribution in [0.3, 0.4) is 0 Å². The van der Waals surface area contributed by atoms with Crippen molar-refractivity contribution in [2.75, 3.05) is 11.9 Å². The van der Waals surface area contributed by atoms with Gasteiger partial charge < -0.3 is 15.2 Å². The Morgan fingerprint density at radius 2 is 2.11 bits per heavy atom. The first-order valence-electron chi connectivity index (χ1n) is 7.49. The first-order chi connectivity index (χ1) is 12.7. The third kappa shape index (κ3) is 3.70. The minimum atomic E-state index is -4.67. The number of amides is 1. The van der Waals surface area contributed by atoms with E-state index < -0.39 is 41.4 Å². The van der Waals surface area contributed by atoms with E-state index in [-0.39, 0.29) is 21.7 Å². The van der Waals surface area contributed by atoms with Crippen molar-refractivity contribution in [1.82, 2.24) is 9.97 Å². The predicted molar refractivity (Wildman–Crippen MR) is 91.7 cm³/mol. The van der Waals surface area contributed by atoms with Crippen molar-refractivity contribution in [2.45, 2.75) is 12.3 Å². The Labute approximate surface area is 153 Å². The zero-order valence-electron chi connectivity index (χ0n) is 13.4. The monoisotopic (exact) mass is 399 g/mol. The number of anilines is 1. The minimum absolute atomic E-state index is 0.0127. The molecule has 7 nitrogen and oxygen atoms in total. The highest BCUT2D eigenvalue weighted by atomic mass is 32.1. The van der Waals surface area contributed by atoms with Gasteiger partial charge in [0.05, 0.1) is 17.9 Å². The van der Waals surface area contributed by atoms with Crippen LogP contribution in [-0.2, 0) is 6.18 Å². The zero-order chi connectivity index (χ0) is 19.8. The van der Waals surface area contributed by atoms with E-state index in [1.165, 1.54) is 6.20 Å². The molecule has 142 valence electrons. The molecule has 1 amide bonds. The van der Waals surface area contributed by atoms with Crippen molar-refractivity contribution in [3.05, 3.63) is 56.8 Å². The number of aliphatic hydroxyl groups excluding tert-OH is 2. The highest BCUT2D eigenvalue weighted by molar-refractivity contribution is 7.13. The molecule has 27 heavy (non-hydrogen) atoms. The normalized spacial score (nSPS) is 12.9. The van der Waals surface area contributed by atoms with Gasteiger partial charge in [-0.05, 0) is 18.2 Å². The highest BCUT2D eigenvalue weighted by Gasteiger charge is 2.31. The maximum atomic E-state index is 12.9. The molecule has 0 aliphatic carbocycles. The molecule has 2 heterocycles. The lowest BCUT2D eigenvalue weighted by Gasteiger charge is -2.15. The molecular weight excluding hydrogens is 387 g/mol. The van der Waals surface area contributed by atoms with Crippen LogP contribution in [0.2, 0.25) is 0 Å². The molecule has 1 aromatic carbocycles. The zero-order valence-corrected chi connectivity index (χ0v) is 14.2. The molecule has 4 N–H and O–H groups in total. The standard InChI is InChI=1S/C16H12F3N3O4S/c17-16(18,19)7-1-2-9-8(5-7)13(25)11(12(21-9)10(24)6-23)14(26)22-15-20-3-4-27-15/h1-5,10,23-24H,6H2,(H,21,25)(H,20,22,26). The van der Waals surface area contributed by atoms with Gasteiger partial charge >= 0.3 is 6.18 Å². The molecule has 0 saturated carbocycles. The van der Waals surface area contributed by atoms with Crippen molar-refractivity contribution >= 4 is 33.3 Å². The van der Waals surface area contributed by atoms with Crippen LogP contribution in [0, 0.1) is 0 Å². The van der Waals surface area contributed by atoms with Gasteiger partial charge in [0.15, 0.2) is 5.13 Å². The summed E-state index contributed by atoms with van der Waals surface area (Å²) < 4.78 is 38.8. The van der Waals surface area contributed by atoms with Gasteiger partial charge in [-0.25, -0.2) is 4.98 Å². The van der Waals surface area contributed by atoms with E-state index in [4.69, 9.17) is 0 Å². The van der Waals surface area contributed by atoms with Gasteiger partial charge in [0.2, 0.25) is 5.43 Å². The summed E-state index contributed by atoms with van der Waals surface area (Å²) in [6.07, 6.45) is -4.88. The van der Waals surface area contributed by atoms with Crippen LogP contribution in [0.4, 0.5) is 18.3 Å². The number of halogens is 3. The number of aromatic amines is 1. The average molecular weight is 399 g/mol. The van der Waals surface area contributed by atoms with Crippen molar-refractivity contribution in [2.24, 2.45) is 0 Å². The lowest BCUT2D eigenvalue weighted by Crippen LogP contribution is -2.27. The second kappa shape index (κ2) is 7.10. The summed E-state index contributed by atoms with van der Waals surface area (Å²) in [4.78, 5) is 31.7. The number of aliphatic hydroxyl groups is 2. The predicted octanol–water partition coefficient (Wildman–Crippen LogP) is 2.28. The fourth-order valence-corrected chi connectivity index (χ4v) is 3.02. The van der Waals surface area contributed by atoms with Crippen LogP contribution in [0.1, 0.15) is 27.7 Å². The van der Waals surface area contributed by atoms with E-state index in [1.54, 1.807) is 5.38 Å². The van der Waals surface area contributed by atoms with Gasteiger partial charge in [-0.3, -0.25) is 14.9 Å². The number of benzene rings is 1. The summed E-state index contributed by atoms with van der Waals surface area (Å²) in [7, 11) is 0. The molecule has 11 heteroatoms. The molecule has 3 rings (SSSR count). The second-order valence-corrected chi connectivity index (χ2v) is 6.39. The number of carbonyl (C=O) groups excluding carboxylic acids is 1. The molecule has 2 aromatic heterocycles. The number of carbonyl (C=O) groups is 1. The Balaban J connectivity index is 2.22. The van der Waals surface area contributed by atoms with Gasteiger partial charge in [0.25, 0.3) is 5.91 Å². The smallest absolute Gasteiger partial charge is 0.393 e. The molecule has 0 fully saturated rings. The molecule has 0 aliphatic heterocycles. The molecule has 0 spiro atoms. The molecule has 0 saturated heterocycles. The number of rotatable bonds is 4. The molecule has 1 unspecified atom stereocenters. The lowest BCUT2D eigenvalue weighted by molar-refractivity contribution is -0.137. The summed E-state index contributed by atoms with van der Waals surface area (Å²) >= 11 is 1.07. The minimum Gasteiger partial charge on any atom is -0.393 e. The van der Waals surface area contributed by atoms with Crippen LogP contribution in [0.15, 0.2) is 34.6 Å². The molecule has 0 radical (unpaired) electrons. The Kier molecular flexibility index (Phi) is 5.00. The van der Waals surface area contributed by atoms with Crippen LogP contribution < -0.4 is 10.7 Å². The third-order valence-electron chi connectivity index (χ3n) is 3.74. The highest BCUT2D eigenvalue weighted by Crippen LogP contribution is 2.31. The van der Waals surface area contributed by atoms with Crippen molar-refractivity contribution < 1.29 is 28.2 Å². The SMILES string of the molecule is O=C(Nc1nccs1)c1c(C(O)CO)[nH]c2ccc(C(F)(F)F)cc2c1=O. The van der Waals surface area contributed by atoms with Crippen molar-refractivity contribution in [3.63, 3.8) is 0 Å². The Morgan fingerprint density at radius 1 is 1.37 bits per heavy atom. The Bertz CT molecular complexity index is 1050. The number of fused-ring (bicyclic) bond motifs is 1. The number of thiazole rings is 1. The summed E-state index contributed by atoms with van der Waals surface area (Å²) in [5.74, 6) is -0.965. The fraction of sp³-hybridized carbons (Fsp3) is 0.188. The van der Waals surface area contributed by atoms with E-state index >= 15 is 0 Å². The third-order valence-corrected chi connectivity index (χ3v) is 4.43. The number of nitrogens with one attached hydrogen (secondary N) is 2. The topological polar surface area (TPSA) is 115 Å². The number of aromatic nitrogens is 2. The molecule has 0 bridgehead atoms. The number of nitrogens with zero attached hydrogens (tertiary/aromatic N) is 1.